The maximum absolute atomic E-state index is 11.5. The SMILES string of the molecule is CC(C)(C)c1ccc(Nc2ncnc3ccc4nc(C(N)=O)sc4c23)cc1. The summed E-state index contributed by atoms with van der Waals surface area (Å²) in [5.74, 6) is 0.141. The molecule has 0 fully saturated rings. The molecule has 4 aromatic rings. The van der Waals surface area contributed by atoms with Crippen LogP contribution in [0.5, 0.6) is 0 Å². The van der Waals surface area contributed by atoms with Crippen molar-refractivity contribution in [3.8, 4) is 0 Å². The van der Waals surface area contributed by atoms with E-state index in [1.165, 1.54) is 23.2 Å². The predicted octanol–water partition coefficient (Wildman–Crippen LogP) is 4.38. The summed E-state index contributed by atoms with van der Waals surface area (Å²) in [5, 5.41) is 4.48. The Balaban J connectivity index is 1.81. The van der Waals surface area contributed by atoms with E-state index in [1.807, 2.05) is 24.3 Å². The van der Waals surface area contributed by atoms with Crippen molar-refractivity contribution in [2.24, 2.45) is 5.73 Å². The van der Waals surface area contributed by atoms with Crippen LogP contribution in [0.2, 0.25) is 0 Å². The molecule has 0 aliphatic carbocycles. The number of aromatic nitrogens is 3. The third-order valence-corrected chi connectivity index (χ3v) is 5.48. The van der Waals surface area contributed by atoms with Gasteiger partial charge in [-0.05, 0) is 35.2 Å². The van der Waals surface area contributed by atoms with Gasteiger partial charge >= 0.3 is 0 Å². The Hall–Kier alpha value is -3.06. The van der Waals surface area contributed by atoms with Crippen molar-refractivity contribution >= 4 is 49.9 Å². The Labute approximate surface area is 160 Å². The molecule has 3 N–H and O–H groups in total. The zero-order valence-electron chi connectivity index (χ0n) is 15.3. The lowest BCUT2D eigenvalue weighted by atomic mass is 9.87. The predicted molar refractivity (Wildman–Crippen MR) is 110 cm³/mol. The van der Waals surface area contributed by atoms with Crippen LogP contribution in [0, 0.1) is 0 Å². The lowest BCUT2D eigenvalue weighted by Gasteiger charge is -2.19. The molecule has 2 heterocycles. The molecule has 0 radical (unpaired) electrons. The molecule has 0 saturated carbocycles. The topological polar surface area (TPSA) is 93.8 Å². The molecule has 0 aliphatic rings. The van der Waals surface area contributed by atoms with Crippen LogP contribution in [0.3, 0.4) is 0 Å². The Morgan fingerprint density at radius 1 is 1.04 bits per heavy atom. The molecule has 6 nitrogen and oxygen atoms in total. The van der Waals surface area contributed by atoms with Crippen molar-refractivity contribution in [1.82, 2.24) is 15.0 Å². The first-order valence-electron chi connectivity index (χ1n) is 8.54. The van der Waals surface area contributed by atoms with Crippen LogP contribution < -0.4 is 11.1 Å². The molecule has 0 saturated heterocycles. The van der Waals surface area contributed by atoms with Crippen LogP contribution >= 0.6 is 11.3 Å². The van der Waals surface area contributed by atoms with E-state index in [-0.39, 0.29) is 10.4 Å². The molecule has 1 amide bonds. The highest BCUT2D eigenvalue weighted by Gasteiger charge is 2.16. The van der Waals surface area contributed by atoms with Crippen LogP contribution in [-0.4, -0.2) is 20.9 Å². The quantitative estimate of drug-likeness (QED) is 0.552. The zero-order chi connectivity index (χ0) is 19.2. The van der Waals surface area contributed by atoms with Crippen molar-refractivity contribution in [3.63, 3.8) is 0 Å². The highest BCUT2D eigenvalue weighted by Crippen LogP contribution is 2.34. The smallest absolute Gasteiger partial charge is 0.277 e. The fourth-order valence-corrected chi connectivity index (χ4v) is 3.88. The van der Waals surface area contributed by atoms with E-state index >= 15 is 0 Å². The van der Waals surface area contributed by atoms with Gasteiger partial charge in [0.05, 0.1) is 21.1 Å². The van der Waals surface area contributed by atoms with E-state index in [2.05, 4.69) is 53.2 Å². The first kappa shape index (κ1) is 17.4. The van der Waals surface area contributed by atoms with E-state index < -0.39 is 5.91 Å². The number of nitrogens with two attached hydrogens (primary N) is 1. The first-order valence-corrected chi connectivity index (χ1v) is 9.36. The standard InChI is InChI=1S/C20H19N5OS/c1-20(2,3)11-4-6-12(7-5-11)24-18-15-13(22-10-23-18)8-9-14-16(15)27-19(25-14)17(21)26/h4-10H,1-3H3,(H2,21,26)(H,22,23,24). The van der Waals surface area contributed by atoms with Gasteiger partial charge in [0, 0.05) is 5.69 Å². The van der Waals surface area contributed by atoms with Gasteiger partial charge in [-0.1, -0.05) is 32.9 Å². The molecule has 0 atom stereocenters. The third-order valence-electron chi connectivity index (χ3n) is 4.38. The zero-order valence-corrected chi connectivity index (χ0v) is 16.1. The largest absolute Gasteiger partial charge is 0.364 e. The average molecular weight is 377 g/mol. The fraction of sp³-hybridized carbons (Fsp3) is 0.200. The van der Waals surface area contributed by atoms with Gasteiger partial charge in [0.15, 0.2) is 5.01 Å². The van der Waals surface area contributed by atoms with Gasteiger partial charge in [-0.3, -0.25) is 4.79 Å². The van der Waals surface area contributed by atoms with Gasteiger partial charge < -0.3 is 11.1 Å². The van der Waals surface area contributed by atoms with Crippen LogP contribution in [0.15, 0.2) is 42.7 Å². The molecule has 27 heavy (non-hydrogen) atoms. The monoisotopic (exact) mass is 377 g/mol. The minimum atomic E-state index is -0.534. The molecule has 0 bridgehead atoms. The number of fused-ring (bicyclic) bond motifs is 3. The van der Waals surface area contributed by atoms with Crippen molar-refractivity contribution in [2.45, 2.75) is 26.2 Å². The number of hydrogen-bond acceptors (Lipinski definition) is 6. The van der Waals surface area contributed by atoms with Crippen LogP contribution in [0.25, 0.3) is 21.1 Å². The Morgan fingerprint density at radius 2 is 1.74 bits per heavy atom. The summed E-state index contributed by atoms with van der Waals surface area (Å²) in [4.78, 5) is 24.6. The fourth-order valence-electron chi connectivity index (χ4n) is 2.92. The number of hydrogen-bond donors (Lipinski definition) is 2. The second-order valence-corrected chi connectivity index (χ2v) is 8.36. The van der Waals surface area contributed by atoms with E-state index in [9.17, 15) is 4.79 Å². The van der Waals surface area contributed by atoms with E-state index in [0.29, 0.717) is 11.3 Å². The highest BCUT2D eigenvalue weighted by atomic mass is 32.1. The Morgan fingerprint density at radius 3 is 2.41 bits per heavy atom. The third kappa shape index (κ3) is 3.21. The van der Waals surface area contributed by atoms with Gasteiger partial charge in [-0.25, -0.2) is 15.0 Å². The number of anilines is 2. The summed E-state index contributed by atoms with van der Waals surface area (Å²) < 4.78 is 0.843. The molecule has 0 aliphatic heterocycles. The lowest BCUT2D eigenvalue weighted by Crippen LogP contribution is -2.10. The van der Waals surface area contributed by atoms with Crippen LogP contribution in [0.4, 0.5) is 11.5 Å². The molecule has 7 heteroatoms. The molecule has 4 rings (SSSR count). The Kier molecular flexibility index (Phi) is 4.04. The number of nitrogens with one attached hydrogen (secondary N) is 1. The van der Waals surface area contributed by atoms with Crippen molar-refractivity contribution in [1.29, 1.82) is 0 Å². The van der Waals surface area contributed by atoms with Crippen molar-refractivity contribution in [3.05, 3.63) is 53.3 Å². The van der Waals surface area contributed by atoms with Gasteiger partial charge in [0.2, 0.25) is 0 Å². The molecule has 2 aromatic heterocycles. The van der Waals surface area contributed by atoms with Gasteiger partial charge in [-0.2, -0.15) is 0 Å². The van der Waals surface area contributed by atoms with Gasteiger partial charge in [0.1, 0.15) is 12.1 Å². The maximum atomic E-state index is 11.5. The summed E-state index contributed by atoms with van der Waals surface area (Å²) >= 11 is 1.26. The lowest BCUT2D eigenvalue weighted by molar-refractivity contribution is 0.1000. The number of benzene rings is 2. The second-order valence-electron chi connectivity index (χ2n) is 7.37. The molecular formula is C20H19N5OS. The summed E-state index contributed by atoms with van der Waals surface area (Å²) in [6.07, 6.45) is 1.52. The van der Waals surface area contributed by atoms with Gasteiger partial charge in [0.25, 0.3) is 5.91 Å². The average Bonchev–Trinajstić information content (AvgIpc) is 3.06. The summed E-state index contributed by atoms with van der Waals surface area (Å²) in [6, 6.07) is 12.0. The van der Waals surface area contributed by atoms with E-state index in [0.717, 1.165) is 21.3 Å². The number of thiazole rings is 1. The normalized spacial score (nSPS) is 11.8. The summed E-state index contributed by atoms with van der Waals surface area (Å²) in [5.41, 5.74) is 9.18. The van der Waals surface area contributed by atoms with Crippen LogP contribution in [-0.2, 0) is 5.41 Å². The second kappa shape index (κ2) is 6.28. The van der Waals surface area contributed by atoms with E-state index in [4.69, 9.17) is 5.73 Å². The number of rotatable bonds is 3. The molecule has 136 valence electrons. The molecule has 2 aromatic carbocycles. The minimum Gasteiger partial charge on any atom is -0.364 e. The Bertz CT molecular complexity index is 1160. The van der Waals surface area contributed by atoms with Crippen LogP contribution in [0.1, 0.15) is 36.1 Å². The minimum absolute atomic E-state index is 0.0973. The number of amides is 1. The maximum Gasteiger partial charge on any atom is 0.277 e. The van der Waals surface area contributed by atoms with Crippen molar-refractivity contribution in [2.75, 3.05) is 5.32 Å². The summed E-state index contributed by atoms with van der Waals surface area (Å²) in [6.45, 7) is 6.55. The number of primary amides is 1. The highest BCUT2D eigenvalue weighted by molar-refractivity contribution is 7.21. The number of nitrogens with zero attached hydrogens (tertiary/aromatic N) is 3. The number of carbonyl (C=O) groups excluding carboxylic acids is 1. The first-order chi connectivity index (χ1) is 12.8. The summed E-state index contributed by atoms with van der Waals surface area (Å²) in [7, 11) is 0. The molecule has 0 spiro atoms. The molecular weight excluding hydrogens is 358 g/mol. The van der Waals surface area contributed by atoms with Crippen molar-refractivity contribution < 1.29 is 4.79 Å². The van der Waals surface area contributed by atoms with Gasteiger partial charge in [-0.15, -0.1) is 11.3 Å². The van der Waals surface area contributed by atoms with E-state index in [1.54, 1.807) is 0 Å². The molecule has 0 unspecified atom stereocenters. The number of carbonyl (C=O) groups is 1.